The Morgan fingerprint density at radius 1 is 1.25 bits per heavy atom. The Balaban J connectivity index is 2.26. The molecule has 20 heavy (non-hydrogen) atoms. The molecule has 0 atom stereocenters. The first kappa shape index (κ1) is 15.6. The minimum absolute atomic E-state index is 0.329. The van der Waals surface area contributed by atoms with Crippen molar-refractivity contribution in [2.24, 2.45) is 0 Å². The number of aromatic nitrogens is 1. The summed E-state index contributed by atoms with van der Waals surface area (Å²) in [5, 5.41) is 0. The fourth-order valence-corrected chi connectivity index (χ4v) is 2.29. The van der Waals surface area contributed by atoms with Crippen molar-refractivity contribution >= 4 is 25.8 Å². The highest BCUT2D eigenvalue weighted by Gasteiger charge is 2.52. The molecule has 0 N–H and O–H groups in total. The van der Waals surface area contributed by atoms with Crippen molar-refractivity contribution in [3.05, 3.63) is 35.1 Å². The van der Waals surface area contributed by atoms with Gasteiger partial charge in [0.05, 0.1) is 11.2 Å². The van der Waals surface area contributed by atoms with Crippen LogP contribution in [-0.4, -0.2) is 29.1 Å². The molecule has 1 fully saturated rings. The van der Waals surface area contributed by atoms with E-state index < -0.39 is 0 Å². The highest BCUT2D eigenvalue weighted by Crippen LogP contribution is 2.38. The maximum atomic E-state index is 6.06. The second kappa shape index (κ2) is 5.55. The highest BCUT2D eigenvalue weighted by atomic mass is 32.1. The molecule has 0 aliphatic carbocycles. The number of aryl methyl sites for hydroxylation is 1. The number of nitrogens with zero attached hydrogens (tertiary/aromatic N) is 1. The average molecular weight is 291 g/mol. The van der Waals surface area contributed by atoms with Crippen molar-refractivity contribution in [3.63, 3.8) is 0 Å². The first-order chi connectivity index (χ1) is 9.25. The zero-order valence-electron chi connectivity index (χ0n) is 12.8. The second-order valence-corrected chi connectivity index (χ2v) is 6.58. The zero-order chi connectivity index (χ0) is 15.0. The van der Waals surface area contributed by atoms with E-state index in [0.717, 1.165) is 16.6 Å². The smallest absolute Gasteiger partial charge is 0.400 e. The van der Waals surface area contributed by atoms with Crippen LogP contribution in [0.4, 0.5) is 0 Å². The molecule has 0 amide bonds. The Morgan fingerprint density at radius 3 is 2.35 bits per heavy atom. The molecule has 5 heteroatoms. The van der Waals surface area contributed by atoms with Crippen LogP contribution < -0.4 is 0 Å². The highest BCUT2D eigenvalue weighted by molar-refractivity contribution is 7.80. The number of pyridine rings is 1. The summed E-state index contributed by atoms with van der Waals surface area (Å²) in [5.41, 5.74) is 2.53. The van der Waals surface area contributed by atoms with E-state index in [1.54, 1.807) is 0 Å². The van der Waals surface area contributed by atoms with E-state index in [-0.39, 0.29) is 18.3 Å². The number of thiol groups is 1. The predicted octanol–water partition coefficient (Wildman–Crippen LogP) is 3.33. The molecule has 0 bridgehead atoms. The Kier molecular flexibility index (Phi) is 4.33. The van der Waals surface area contributed by atoms with Gasteiger partial charge in [-0.15, -0.1) is 0 Å². The molecule has 3 nitrogen and oxygen atoms in total. The monoisotopic (exact) mass is 291 g/mol. The van der Waals surface area contributed by atoms with Gasteiger partial charge in [-0.3, -0.25) is 4.98 Å². The molecule has 2 heterocycles. The molecular formula is C15H22BNO2S. The average Bonchev–Trinajstić information content (AvgIpc) is 2.55. The van der Waals surface area contributed by atoms with Crippen molar-refractivity contribution in [3.8, 4) is 0 Å². The van der Waals surface area contributed by atoms with Crippen molar-refractivity contribution in [2.45, 2.75) is 45.8 Å². The van der Waals surface area contributed by atoms with Crippen LogP contribution in [0.1, 0.15) is 38.8 Å². The predicted molar refractivity (Wildman–Crippen MR) is 86.9 cm³/mol. The van der Waals surface area contributed by atoms with Crippen molar-refractivity contribution in [2.75, 3.05) is 5.75 Å². The lowest BCUT2D eigenvalue weighted by atomic mass is 9.78. The first-order valence-corrected chi connectivity index (χ1v) is 7.47. The zero-order valence-corrected chi connectivity index (χ0v) is 13.7. The van der Waals surface area contributed by atoms with Crippen molar-refractivity contribution in [1.29, 1.82) is 0 Å². The third kappa shape index (κ3) is 3.10. The van der Waals surface area contributed by atoms with Gasteiger partial charge in [0.15, 0.2) is 0 Å². The molecule has 0 aromatic carbocycles. The van der Waals surface area contributed by atoms with Crippen LogP contribution in [0.2, 0.25) is 0 Å². The van der Waals surface area contributed by atoms with Crippen LogP contribution in [0.3, 0.4) is 0 Å². The summed E-state index contributed by atoms with van der Waals surface area (Å²) >= 11 is 4.41. The van der Waals surface area contributed by atoms with Gasteiger partial charge < -0.3 is 9.31 Å². The van der Waals surface area contributed by atoms with E-state index in [2.05, 4.69) is 57.5 Å². The largest absolute Gasteiger partial charge is 0.491 e. The second-order valence-electron chi connectivity index (χ2n) is 6.26. The summed E-state index contributed by atoms with van der Waals surface area (Å²) in [6, 6.07) is 2.08. The Morgan fingerprint density at radius 2 is 1.85 bits per heavy atom. The minimum Gasteiger partial charge on any atom is -0.400 e. The number of rotatable bonds is 3. The topological polar surface area (TPSA) is 31.4 Å². The lowest BCUT2D eigenvalue weighted by Gasteiger charge is -2.32. The molecule has 0 unspecified atom stereocenters. The standard InChI is InChI=1S/C15H22BNO2S/c1-11-6-12(9-17-8-11)7-13(10-20)16-18-14(2,3)15(4,5)19-16/h6-9,20H,10H2,1-5H3. The molecule has 0 spiro atoms. The van der Waals surface area contributed by atoms with Gasteiger partial charge in [-0.1, -0.05) is 6.08 Å². The third-order valence-electron chi connectivity index (χ3n) is 3.99. The fourth-order valence-electron chi connectivity index (χ4n) is 2.05. The van der Waals surface area contributed by atoms with Gasteiger partial charge in [0.1, 0.15) is 0 Å². The molecule has 1 aromatic heterocycles. The lowest BCUT2D eigenvalue weighted by Crippen LogP contribution is -2.41. The van der Waals surface area contributed by atoms with Crippen molar-refractivity contribution < 1.29 is 9.31 Å². The number of hydrogen-bond donors (Lipinski definition) is 1. The quantitative estimate of drug-likeness (QED) is 0.684. The van der Waals surface area contributed by atoms with Crippen LogP contribution in [0.5, 0.6) is 0 Å². The summed E-state index contributed by atoms with van der Waals surface area (Å²) in [4.78, 5) is 4.20. The van der Waals surface area contributed by atoms with Gasteiger partial charge in [0.2, 0.25) is 0 Å². The molecule has 1 aliphatic heterocycles. The summed E-state index contributed by atoms with van der Waals surface area (Å²) in [6.07, 6.45) is 5.73. The molecule has 2 rings (SSSR count). The molecule has 108 valence electrons. The van der Waals surface area contributed by atoms with Crippen LogP contribution in [-0.2, 0) is 9.31 Å². The molecule has 0 saturated carbocycles. The normalized spacial score (nSPS) is 21.3. The molecule has 1 saturated heterocycles. The Hall–Kier alpha value is -0.775. The van der Waals surface area contributed by atoms with Gasteiger partial charge in [0, 0.05) is 18.1 Å². The Labute approximate surface area is 127 Å². The Bertz CT molecular complexity index is 512. The van der Waals surface area contributed by atoms with E-state index >= 15 is 0 Å². The lowest BCUT2D eigenvalue weighted by molar-refractivity contribution is 0.00578. The maximum absolute atomic E-state index is 6.06. The van der Waals surface area contributed by atoms with Gasteiger partial charge in [0.25, 0.3) is 0 Å². The maximum Gasteiger partial charge on any atom is 0.491 e. The molecular weight excluding hydrogens is 269 g/mol. The van der Waals surface area contributed by atoms with E-state index in [4.69, 9.17) is 9.31 Å². The summed E-state index contributed by atoms with van der Waals surface area (Å²) in [6.45, 7) is 10.2. The van der Waals surface area contributed by atoms with Gasteiger partial charge in [-0.25, -0.2) is 0 Å². The van der Waals surface area contributed by atoms with E-state index in [0.29, 0.717) is 5.75 Å². The van der Waals surface area contributed by atoms with Crippen LogP contribution in [0.25, 0.3) is 6.08 Å². The summed E-state index contributed by atoms with van der Waals surface area (Å²) in [7, 11) is -0.349. The first-order valence-electron chi connectivity index (χ1n) is 6.84. The van der Waals surface area contributed by atoms with E-state index in [9.17, 15) is 0 Å². The minimum atomic E-state index is -0.349. The van der Waals surface area contributed by atoms with Crippen LogP contribution in [0.15, 0.2) is 23.9 Å². The van der Waals surface area contributed by atoms with Gasteiger partial charge in [-0.2, -0.15) is 12.6 Å². The van der Waals surface area contributed by atoms with Crippen LogP contribution >= 0.6 is 12.6 Å². The van der Waals surface area contributed by atoms with E-state index in [1.165, 1.54) is 0 Å². The summed E-state index contributed by atoms with van der Waals surface area (Å²) < 4.78 is 12.1. The molecule has 1 aliphatic rings. The van der Waals surface area contributed by atoms with Gasteiger partial charge in [-0.05, 0) is 57.3 Å². The van der Waals surface area contributed by atoms with E-state index in [1.807, 2.05) is 19.3 Å². The SMILES string of the molecule is Cc1cncc(C=C(CS)B2OC(C)(C)C(C)(C)O2)c1. The van der Waals surface area contributed by atoms with Crippen LogP contribution in [0, 0.1) is 6.92 Å². The fraction of sp³-hybridized carbons (Fsp3) is 0.533. The summed E-state index contributed by atoms with van der Waals surface area (Å²) in [5.74, 6) is 0.588. The molecule has 0 radical (unpaired) electrons. The number of hydrogen-bond acceptors (Lipinski definition) is 4. The molecule has 1 aromatic rings. The van der Waals surface area contributed by atoms with Gasteiger partial charge >= 0.3 is 7.12 Å². The third-order valence-corrected chi connectivity index (χ3v) is 4.35. The van der Waals surface area contributed by atoms with Crippen molar-refractivity contribution in [1.82, 2.24) is 4.98 Å².